The number of aryl methyl sites for hydroxylation is 1. The van der Waals surface area contributed by atoms with Crippen molar-refractivity contribution >= 4 is 29.0 Å². The van der Waals surface area contributed by atoms with E-state index in [4.69, 9.17) is 28.9 Å². The number of nitrogens with zero attached hydrogens (tertiary/aromatic N) is 2. The molecule has 0 aliphatic carbocycles. The zero-order chi connectivity index (χ0) is 13.3. The summed E-state index contributed by atoms with van der Waals surface area (Å²) < 4.78 is 2.00. The van der Waals surface area contributed by atoms with E-state index in [1.54, 1.807) is 6.07 Å². The maximum atomic E-state index is 6.14. The third kappa shape index (κ3) is 2.33. The number of imidazole rings is 1. The van der Waals surface area contributed by atoms with E-state index in [0.717, 1.165) is 30.0 Å². The van der Waals surface area contributed by atoms with E-state index in [1.165, 1.54) is 0 Å². The Kier molecular flexibility index (Phi) is 3.83. The molecule has 2 aromatic rings. The van der Waals surface area contributed by atoms with Crippen LogP contribution in [-0.4, -0.2) is 9.55 Å². The van der Waals surface area contributed by atoms with Crippen LogP contribution in [-0.2, 0) is 13.0 Å². The van der Waals surface area contributed by atoms with Crippen LogP contribution >= 0.6 is 23.2 Å². The van der Waals surface area contributed by atoms with Gasteiger partial charge in [0.05, 0.1) is 0 Å². The number of hydrogen-bond acceptors (Lipinski definition) is 2. The second-order valence-electron chi connectivity index (χ2n) is 4.02. The molecule has 5 heteroatoms. The van der Waals surface area contributed by atoms with Gasteiger partial charge < -0.3 is 10.3 Å². The van der Waals surface area contributed by atoms with Gasteiger partial charge in [-0.15, -0.1) is 0 Å². The lowest BCUT2D eigenvalue weighted by atomic mass is 10.1. The molecule has 1 aromatic carbocycles. The lowest BCUT2D eigenvalue weighted by Crippen LogP contribution is -2.04. The number of benzene rings is 1. The van der Waals surface area contributed by atoms with E-state index in [-0.39, 0.29) is 0 Å². The first-order valence-corrected chi connectivity index (χ1v) is 6.63. The predicted molar refractivity (Wildman–Crippen MR) is 77.1 cm³/mol. The quantitative estimate of drug-likeness (QED) is 0.925. The Morgan fingerprint density at radius 2 is 1.78 bits per heavy atom. The molecule has 1 heterocycles. The molecule has 0 aliphatic heterocycles. The largest absolute Gasteiger partial charge is 0.383 e. The summed E-state index contributed by atoms with van der Waals surface area (Å²) >= 11 is 12.0. The van der Waals surface area contributed by atoms with Crippen molar-refractivity contribution in [3.05, 3.63) is 34.1 Å². The molecule has 0 saturated carbocycles. The molecule has 0 amide bonds. The molecule has 1 aromatic heterocycles. The van der Waals surface area contributed by atoms with Crippen molar-refractivity contribution in [1.82, 2.24) is 9.55 Å². The zero-order valence-electron chi connectivity index (χ0n) is 10.4. The number of aromatic nitrogens is 2. The van der Waals surface area contributed by atoms with Gasteiger partial charge in [-0.05, 0) is 25.1 Å². The minimum absolute atomic E-state index is 0.584. The highest BCUT2D eigenvalue weighted by molar-refractivity contribution is 6.35. The maximum absolute atomic E-state index is 6.14. The number of halogens is 2. The van der Waals surface area contributed by atoms with Crippen molar-refractivity contribution in [3.8, 4) is 11.3 Å². The van der Waals surface area contributed by atoms with Gasteiger partial charge in [-0.3, -0.25) is 0 Å². The monoisotopic (exact) mass is 283 g/mol. The van der Waals surface area contributed by atoms with Crippen molar-refractivity contribution in [2.75, 3.05) is 5.73 Å². The molecule has 2 rings (SSSR count). The van der Waals surface area contributed by atoms with Gasteiger partial charge in [0.25, 0.3) is 0 Å². The molecule has 0 radical (unpaired) electrons. The Bertz CT molecular complexity index is 556. The molecule has 96 valence electrons. The molecular formula is C13H15Cl2N3. The number of rotatable bonds is 3. The summed E-state index contributed by atoms with van der Waals surface area (Å²) in [6.07, 6.45) is 0.840. The highest BCUT2D eigenvalue weighted by atomic mass is 35.5. The molecule has 0 spiro atoms. The van der Waals surface area contributed by atoms with Crippen LogP contribution in [0, 0.1) is 0 Å². The van der Waals surface area contributed by atoms with E-state index in [1.807, 2.05) is 23.6 Å². The van der Waals surface area contributed by atoms with Crippen LogP contribution in [0.5, 0.6) is 0 Å². The van der Waals surface area contributed by atoms with Gasteiger partial charge in [0.15, 0.2) is 0 Å². The van der Waals surface area contributed by atoms with Gasteiger partial charge in [-0.1, -0.05) is 30.1 Å². The fourth-order valence-electron chi connectivity index (χ4n) is 2.04. The second-order valence-corrected chi connectivity index (χ2v) is 4.89. The SMILES string of the molecule is CCc1nc(-c2cc(Cl)cc(Cl)c2)c(N)n1CC. The molecule has 2 N–H and O–H groups in total. The maximum Gasteiger partial charge on any atom is 0.131 e. The predicted octanol–water partition coefficient (Wildman–Crippen LogP) is 4.02. The normalized spacial score (nSPS) is 10.9. The Hall–Kier alpha value is -1.19. The highest BCUT2D eigenvalue weighted by Gasteiger charge is 2.14. The van der Waals surface area contributed by atoms with Gasteiger partial charge >= 0.3 is 0 Å². The second kappa shape index (κ2) is 5.21. The first-order valence-electron chi connectivity index (χ1n) is 5.88. The lowest BCUT2D eigenvalue weighted by Gasteiger charge is -2.05. The van der Waals surface area contributed by atoms with E-state index < -0.39 is 0 Å². The van der Waals surface area contributed by atoms with Crippen LogP contribution in [0.25, 0.3) is 11.3 Å². The fraction of sp³-hybridized carbons (Fsp3) is 0.308. The van der Waals surface area contributed by atoms with E-state index in [2.05, 4.69) is 11.9 Å². The number of nitrogen functional groups attached to an aromatic ring is 1. The van der Waals surface area contributed by atoms with Gasteiger partial charge in [0.1, 0.15) is 17.3 Å². The van der Waals surface area contributed by atoms with Gasteiger partial charge in [-0.25, -0.2) is 4.98 Å². The van der Waals surface area contributed by atoms with Crippen molar-refractivity contribution in [2.24, 2.45) is 0 Å². The van der Waals surface area contributed by atoms with Gasteiger partial charge in [0, 0.05) is 28.6 Å². The van der Waals surface area contributed by atoms with Crippen molar-refractivity contribution in [2.45, 2.75) is 26.8 Å². The number of hydrogen-bond donors (Lipinski definition) is 1. The summed E-state index contributed by atoms with van der Waals surface area (Å²) in [5, 5.41) is 1.17. The molecule has 0 aliphatic rings. The summed E-state index contributed by atoms with van der Waals surface area (Å²) in [5.41, 5.74) is 7.74. The molecular weight excluding hydrogens is 269 g/mol. The smallest absolute Gasteiger partial charge is 0.131 e. The molecule has 18 heavy (non-hydrogen) atoms. The van der Waals surface area contributed by atoms with Crippen LogP contribution in [0.4, 0.5) is 5.82 Å². The average Bonchev–Trinajstić information content (AvgIpc) is 2.64. The van der Waals surface area contributed by atoms with Crippen LogP contribution in [0.15, 0.2) is 18.2 Å². The number of anilines is 1. The first kappa shape index (κ1) is 13.2. The van der Waals surface area contributed by atoms with Gasteiger partial charge in [0.2, 0.25) is 0 Å². The summed E-state index contributed by atoms with van der Waals surface area (Å²) in [6.45, 7) is 4.91. The first-order chi connectivity index (χ1) is 8.56. The Morgan fingerprint density at radius 3 is 2.22 bits per heavy atom. The topological polar surface area (TPSA) is 43.8 Å². The molecule has 0 saturated heterocycles. The number of nitrogens with two attached hydrogens (primary N) is 1. The van der Waals surface area contributed by atoms with E-state index in [9.17, 15) is 0 Å². The highest BCUT2D eigenvalue weighted by Crippen LogP contribution is 2.31. The summed E-state index contributed by atoms with van der Waals surface area (Å²) in [4.78, 5) is 4.57. The third-order valence-electron chi connectivity index (χ3n) is 2.85. The van der Waals surface area contributed by atoms with Gasteiger partial charge in [-0.2, -0.15) is 0 Å². The van der Waals surface area contributed by atoms with Crippen LogP contribution in [0.1, 0.15) is 19.7 Å². The molecule has 0 fully saturated rings. The minimum Gasteiger partial charge on any atom is -0.383 e. The third-order valence-corrected chi connectivity index (χ3v) is 3.29. The lowest BCUT2D eigenvalue weighted by molar-refractivity contribution is 0.713. The standard InChI is InChI=1S/C13H15Cl2N3/c1-3-11-17-12(13(16)18(11)4-2)8-5-9(14)7-10(15)6-8/h5-7H,3-4,16H2,1-2H3. The average molecular weight is 284 g/mol. The van der Waals surface area contributed by atoms with Crippen molar-refractivity contribution in [1.29, 1.82) is 0 Å². The molecule has 0 bridgehead atoms. The molecule has 0 atom stereocenters. The van der Waals surface area contributed by atoms with Crippen LogP contribution in [0.3, 0.4) is 0 Å². The molecule has 0 unspecified atom stereocenters. The summed E-state index contributed by atoms with van der Waals surface area (Å²) in [7, 11) is 0. The van der Waals surface area contributed by atoms with E-state index >= 15 is 0 Å². The Morgan fingerprint density at radius 1 is 1.17 bits per heavy atom. The molecule has 3 nitrogen and oxygen atoms in total. The van der Waals surface area contributed by atoms with Crippen LogP contribution < -0.4 is 5.73 Å². The van der Waals surface area contributed by atoms with Crippen LogP contribution in [0.2, 0.25) is 10.0 Å². The zero-order valence-corrected chi connectivity index (χ0v) is 11.9. The Labute approximate surface area is 117 Å². The van der Waals surface area contributed by atoms with Crippen molar-refractivity contribution in [3.63, 3.8) is 0 Å². The minimum atomic E-state index is 0.584. The Balaban J connectivity index is 2.60. The van der Waals surface area contributed by atoms with E-state index in [0.29, 0.717) is 15.9 Å². The summed E-state index contributed by atoms with van der Waals surface area (Å²) in [6, 6.07) is 5.34. The summed E-state index contributed by atoms with van der Waals surface area (Å²) in [5.74, 6) is 1.63. The fourth-order valence-corrected chi connectivity index (χ4v) is 2.57. The van der Waals surface area contributed by atoms with Crippen molar-refractivity contribution < 1.29 is 0 Å².